The molecule has 1 aliphatic heterocycles. The van der Waals surface area contributed by atoms with Crippen LogP contribution in [0.5, 0.6) is 11.6 Å². The van der Waals surface area contributed by atoms with Gasteiger partial charge in [-0.25, -0.2) is 4.98 Å². The zero-order chi connectivity index (χ0) is 20.1. The van der Waals surface area contributed by atoms with Gasteiger partial charge >= 0.3 is 0 Å². The first-order valence-electron chi connectivity index (χ1n) is 9.19. The van der Waals surface area contributed by atoms with Crippen LogP contribution >= 0.6 is 11.6 Å². The number of aryl methyl sites for hydroxylation is 1. The number of anilines is 1. The topological polar surface area (TPSA) is 84.4 Å². The standard InChI is InChI=1S/C20H23ClN4O3/c1-13-10-18(28-17-5-3-4-16(11-17)23-14(2)26)24-20(22-13)15-6-8-25(9-7-15)19(27)12-21/h3-5,10-11,15H,6-9,12H2,1-2H3,(H,23,26). The molecule has 0 atom stereocenters. The molecule has 148 valence electrons. The van der Waals surface area contributed by atoms with Crippen molar-refractivity contribution in [3.63, 3.8) is 0 Å². The van der Waals surface area contributed by atoms with Gasteiger partial charge in [-0.3, -0.25) is 9.59 Å². The van der Waals surface area contributed by atoms with E-state index in [1.807, 2.05) is 6.92 Å². The Bertz CT molecular complexity index is 866. The molecule has 8 heteroatoms. The molecule has 0 bridgehead atoms. The third-order valence-electron chi connectivity index (χ3n) is 4.55. The number of halogens is 1. The number of likely N-dealkylation sites (tertiary alicyclic amines) is 1. The van der Waals surface area contributed by atoms with E-state index in [9.17, 15) is 9.59 Å². The van der Waals surface area contributed by atoms with Crippen molar-refractivity contribution in [1.29, 1.82) is 0 Å². The number of benzene rings is 1. The number of rotatable bonds is 5. The van der Waals surface area contributed by atoms with E-state index in [1.165, 1.54) is 6.92 Å². The summed E-state index contributed by atoms with van der Waals surface area (Å²) in [6.07, 6.45) is 1.59. The second kappa shape index (κ2) is 9.01. The van der Waals surface area contributed by atoms with Crippen LogP contribution in [0.25, 0.3) is 0 Å². The maximum Gasteiger partial charge on any atom is 0.237 e. The molecule has 2 aromatic rings. The Morgan fingerprint density at radius 1 is 1.25 bits per heavy atom. The quantitative estimate of drug-likeness (QED) is 0.774. The van der Waals surface area contributed by atoms with Gasteiger partial charge in [-0.05, 0) is 31.9 Å². The molecule has 2 amide bonds. The summed E-state index contributed by atoms with van der Waals surface area (Å²) in [5.74, 6) is 1.78. The number of carbonyl (C=O) groups is 2. The molecule has 2 heterocycles. The minimum atomic E-state index is -0.142. The molecule has 0 aliphatic carbocycles. The van der Waals surface area contributed by atoms with Gasteiger partial charge in [-0.15, -0.1) is 11.6 Å². The van der Waals surface area contributed by atoms with Crippen LogP contribution in [0, 0.1) is 6.92 Å². The first-order valence-corrected chi connectivity index (χ1v) is 9.73. The molecule has 3 rings (SSSR count). The fourth-order valence-corrected chi connectivity index (χ4v) is 3.40. The van der Waals surface area contributed by atoms with Crippen LogP contribution in [0.2, 0.25) is 0 Å². The first-order chi connectivity index (χ1) is 13.4. The Hall–Kier alpha value is -2.67. The summed E-state index contributed by atoms with van der Waals surface area (Å²) in [6, 6.07) is 8.92. The molecule has 1 aliphatic rings. The van der Waals surface area contributed by atoms with E-state index in [4.69, 9.17) is 16.3 Å². The Balaban J connectivity index is 1.72. The Morgan fingerprint density at radius 3 is 2.68 bits per heavy atom. The fourth-order valence-electron chi connectivity index (χ4n) is 3.23. The van der Waals surface area contributed by atoms with Gasteiger partial charge < -0.3 is 15.0 Å². The van der Waals surface area contributed by atoms with Crippen LogP contribution in [-0.2, 0) is 9.59 Å². The van der Waals surface area contributed by atoms with Crippen molar-refractivity contribution in [1.82, 2.24) is 14.9 Å². The van der Waals surface area contributed by atoms with Crippen molar-refractivity contribution < 1.29 is 14.3 Å². The third-order valence-corrected chi connectivity index (χ3v) is 4.78. The largest absolute Gasteiger partial charge is 0.439 e. The summed E-state index contributed by atoms with van der Waals surface area (Å²) < 4.78 is 5.91. The summed E-state index contributed by atoms with van der Waals surface area (Å²) in [4.78, 5) is 33.9. The highest BCUT2D eigenvalue weighted by Crippen LogP contribution is 2.29. The number of aromatic nitrogens is 2. The van der Waals surface area contributed by atoms with Gasteiger partial charge in [-0.2, -0.15) is 4.98 Å². The molecular weight excluding hydrogens is 380 g/mol. The lowest BCUT2D eigenvalue weighted by atomic mass is 9.96. The van der Waals surface area contributed by atoms with Gasteiger partial charge in [0.1, 0.15) is 17.5 Å². The molecule has 1 saturated heterocycles. The number of piperidine rings is 1. The number of hydrogen-bond donors (Lipinski definition) is 1. The van der Waals surface area contributed by atoms with Crippen LogP contribution < -0.4 is 10.1 Å². The van der Waals surface area contributed by atoms with E-state index in [2.05, 4.69) is 15.3 Å². The molecule has 28 heavy (non-hydrogen) atoms. The molecule has 0 unspecified atom stereocenters. The van der Waals surface area contributed by atoms with Crippen molar-refractivity contribution >= 4 is 29.1 Å². The lowest BCUT2D eigenvalue weighted by molar-refractivity contribution is -0.129. The van der Waals surface area contributed by atoms with Gasteiger partial charge in [0.2, 0.25) is 17.7 Å². The molecular formula is C20H23ClN4O3. The highest BCUT2D eigenvalue weighted by Gasteiger charge is 2.25. The normalized spacial score (nSPS) is 14.6. The van der Waals surface area contributed by atoms with E-state index in [-0.39, 0.29) is 23.6 Å². The molecule has 0 saturated carbocycles. The van der Waals surface area contributed by atoms with E-state index in [0.717, 1.165) is 24.4 Å². The highest BCUT2D eigenvalue weighted by molar-refractivity contribution is 6.27. The number of amides is 2. The van der Waals surface area contributed by atoms with E-state index < -0.39 is 0 Å². The minimum Gasteiger partial charge on any atom is -0.439 e. The van der Waals surface area contributed by atoms with Crippen molar-refractivity contribution in [2.45, 2.75) is 32.6 Å². The van der Waals surface area contributed by atoms with Crippen LogP contribution in [-0.4, -0.2) is 45.7 Å². The second-order valence-electron chi connectivity index (χ2n) is 6.81. The van der Waals surface area contributed by atoms with Crippen LogP contribution in [0.4, 0.5) is 5.69 Å². The fraction of sp³-hybridized carbons (Fsp3) is 0.400. The Labute approximate surface area is 169 Å². The third kappa shape index (κ3) is 5.19. The van der Waals surface area contributed by atoms with Crippen molar-refractivity contribution in [3.8, 4) is 11.6 Å². The summed E-state index contributed by atoms with van der Waals surface area (Å²) in [7, 11) is 0. The van der Waals surface area contributed by atoms with Crippen LogP contribution in [0.3, 0.4) is 0 Å². The van der Waals surface area contributed by atoms with E-state index >= 15 is 0 Å². The van der Waals surface area contributed by atoms with Gasteiger partial charge in [0.25, 0.3) is 0 Å². The number of hydrogen-bond acceptors (Lipinski definition) is 5. The lowest BCUT2D eigenvalue weighted by Gasteiger charge is -2.31. The van der Waals surface area contributed by atoms with Gasteiger partial charge in [-0.1, -0.05) is 6.07 Å². The summed E-state index contributed by atoms with van der Waals surface area (Å²) in [5.41, 5.74) is 1.48. The number of alkyl halides is 1. The predicted octanol–water partition coefficient (Wildman–Crippen LogP) is 3.48. The van der Waals surface area contributed by atoms with E-state index in [1.54, 1.807) is 35.2 Å². The summed E-state index contributed by atoms with van der Waals surface area (Å²) in [5, 5.41) is 2.73. The molecule has 1 N–H and O–H groups in total. The van der Waals surface area contributed by atoms with Gasteiger partial charge in [0.05, 0.1) is 0 Å². The zero-order valence-electron chi connectivity index (χ0n) is 15.9. The monoisotopic (exact) mass is 402 g/mol. The van der Waals surface area contributed by atoms with Crippen molar-refractivity contribution in [2.24, 2.45) is 0 Å². The second-order valence-corrected chi connectivity index (χ2v) is 7.07. The molecule has 0 spiro atoms. The van der Waals surface area contributed by atoms with Crippen molar-refractivity contribution in [3.05, 3.63) is 41.9 Å². The van der Waals surface area contributed by atoms with Gasteiger partial charge in [0.15, 0.2) is 0 Å². The maximum atomic E-state index is 11.7. The Kier molecular flexibility index (Phi) is 6.46. The first kappa shape index (κ1) is 20.1. The molecule has 1 aromatic heterocycles. The number of carbonyl (C=O) groups excluding carboxylic acids is 2. The predicted molar refractivity (Wildman–Crippen MR) is 107 cm³/mol. The SMILES string of the molecule is CC(=O)Nc1cccc(Oc2cc(C)nc(C3CCN(C(=O)CCl)CC3)n2)c1. The van der Waals surface area contributed by atoms with E-state index in [0.29, 0.717) is 30.4 Å². The maximum absolute atomic E-state index is 11.7. The molecule has 0 radical (unpaired) electrons. The summed E-state index contributed by atoms with van der Waals surface area (Å²) in [6.45, 7) is 4.67. The van der Waals surface area contributed by atoms with Crippen LogP contribution in [0.15, 0.2) is 30.3 Å². The minimum absolute atomic E-state index is 0.0150. The lowest BCUT2D eigenvalue weighted by Crippen LogP contribution is -2.38. The number of nitrogens with one attached hydrogen (secondary N) is 1. The molecule has 1 aromatic carbocycles. The smallest absolute Gasteiger partial charge is 0.237 e. The zero-order valence-corrected chi connectivity index (χ0v) is 16.7. The number of nitrogens with zero attached hydrogens (tertiary/aromatic N) is 3. The van der Waals surface area contributed by atoms with Crippen LogP contribution in [0.1, 0.15) is 37.2 Å². The van der Waals surface area contributed by atoms with Gasteiger partial charge in [0, 0.05) is 49.4 Å². The van der Waals surface area contributed by atoms with Crippen molar-refractivity contribution in [2.75, 3.05) is 24.3 Å². The molecule has 7 nitrogen and oxygen atoms in total. The summed E-state index contributed by atoms with van der Waals surface area (Å²) >= 11 is 5.64. The Morgan fingerprint density at radius 2 is 2.00 bits per heavy atom. The highest BCUT2D eigenvalue weighted by atomic mass is 35.5. The number of ether oxygens (including phenoxy) is 1. The molecule has 1 fully saturated rings. The average Bonchev–Trinajstić information content (AvgIpc) is 2.67. The average molecular weight is 403 g/mol.